The summed E-state index contributed by atoms with van der Waals surface area (Å²) in [7, 11) is 1.11. The van der Waals surface area contributed by atoms with Gasteiger partial charge in [0.1, 0.15) is 22.9 Å². The molecule has 5 nitrogen and oxygen atoms in total. The molecule has 0 saturated heterocycles. The first-order valence-corrected chi connectivity index (χ1v) is 8.80. The number of nitrogens with zero attached hydrogens (tertiary/aromatic N) is 1. The fraction of sp³-hybridized carbons (Fsp3) is 0.222. The number of ether oxygens (including phenoxy) is 2. The van der Waals surface area contributed by atoms with Crippen LogP contribution in [0.15, 0.2) is 47.5 Å². The van der Waals surface area contributed by atoms with Crippen molar-refractivity contribution in [2.24, 2.45) is 4.99 Å². The predicted molar refractivity (Wildman–Crippen MR) is 99.7 cm³/mol. The highest BCUT2D eigenvalue weighted by atomic mass is 35.5. The van der Waals surface area contributed by atoms with Crippen molar-refractivity contribution in [3.05, 3.63) is 65.2 Å². The summed E-state index contributed by atoms with van der Waals surface area (Å²) in [4.78, 5) is 13.4. The van der Waals surface area contributed by atoms with Crippen LogP contribution < -0.4 is 10.1 Å². The van der Waals surface area contributed by atoms with Gasteiger partial charge >= 0.3 is 12.1 Å². The van der Waals surface area contributed by atoms with Gasteiger partial charge in [-0.15, -0.1) is 0 Å². The van der Waals surface area contributed by atoms with Crippen LogP contribution in [-0.4, -0.2) is 30.0 Å². The molecule has 0 unspecified atom stereocenters. The van der Waals surface area contributed by atoms with Gasteiger partial charge in [0, 0.05) is 6.54 Å². The minimum absolute atomic E-state index is 0.0522. The summed E-state index contributed by atoms with van der Waals surface area (Å²) in [5, 5.41) is 2.38. The fourth-order valence-corrected chi connectivity index (χ4v) is 2.18. The second kappa shape index (κ2) is 9.80. The Morgan fingerprint density at radius 2 is 1.72 bits per heavy atom. The molecule has 0 radical (unpaired) electrons. The minimum Gasteiger partial charge on any atom is -0.480 e. The number of carbonyl (C=O) groups excluding carboxylic acids is 1. The van der Waals surface area contributed by atoms with Crippen LogP contribution in [0.25, 0.3) is 0 Å². The van der Waals surface area contributed by atoms with E-state index in [9.17, 15) is 22.4 Å². The first-order valence-electron chi connectivity index (χ1n) is 7.93. The molecule has 0 aliphatic carbocycles. The van der Waals surface area contributed by atoms with Crippen molar-refractivity contribution in [3.8, 4) is 5.75 Å². The number of hydrogen-bond donors (Lipinski definition) is 1. The molecule has 0 heterocycles. The minimum atomic E-state index is -3.77. The van der Waals surface area contributed by atoms with Gasteiger partial charge in [-0.1, -0.05) is 41.4 Å². The van der Waals surface area contributed by atoms with Crippen molar-refractivity contribution in [3.63, 3.8) is 0 Å². The molecule has 11 heteroatoms. The van der Waals surface area contributed by atoms with E-state index in [-0.39, 0.29) is 12.3 Å². The van der Waals surface area contributed by atoms with E-state index in [1.54, 1.807) is 0 Å². The number of urea groups is 1. The Hall–Kier alpha value is -2.52. The third kappa shape index (κ3) is 6.23. The second-order valence-electron chi connectivity index (χ2n) is 5.48. The second-order valence-corrected chi connectivity index (χ2v) is 6.58. The number of aliphatic imine (C=N–C) groups is 1. The van der Waals surface area contributed by atoms with E-state index < -0.39 is 40.1 Å². The largest absolute Gasteiger partial charge is 0.480 e. The molecular weight excluding hydrogens is 439 g/mol. The topological polar surface area (TPSA) is 59.9 Å². The lowest BCUT2D eigenvalue weighted by atomic mass is 10.2. The van der Waals surface area contributed by atoms with Crippen LogP contribution in [0.1, 0.15) is 11.1 Å². The van der Waals surface area contributed by atoms with Crippen LogP contribution in [0, 0.1) is 11.6 Å². The summed E-state index contributed by atoms with van der Waals surface area (Å²) >= 11 is 10.3. The lowest BCUT2D eigenvalue weighted by Crippen LogP contribution is -2.32. The molecule has 0 aromatic heterocycles. The van der Waals surface area contributed by atoms with Gasteiger partial charge in [-0.2, -0.15) is 13.8 Å². The molecule has 2 rings (SSSR count). The third-order valence-electron chi connectivity index (χ3n) is 3.45. The van der Waals surface area contributed by atoms with E-state index in [0.29, 0.717) is 5.56 Å². The van der Waals surface area contributed by atoms with Gasteiger partial charge < -0.3 is 14.8 Å². The van der Waals surface area contributed by atoms with Crippen LogP contribution in [0.5, 0.6) is 5.75 Å². The van der Waals surface area contributed by atoms with E-state index in [1.165, 1.54) is 24.3 Å². The van der Waals surface area contributed by atoms with Crippen molar-refractivity contribution in [2.75, 3.05) is 7.11 Å². The van der Waals surface area contributed by atoms with Gasteiger partial charge in [0.05, 0.1) is 7.11 Å². The smallest absolute Gasteiger partial charge is 0.428 e. The summed E-state index contributed by atoms with van der Waals surface area (Å²) in [6.45, 7) is -0.0522. The van der Waals surface area contributed by atoms with Crippen LogP contribution in [0.2, 0.25) is 0 Å². The van der Waals surface area contributed by atoms with Gasteiger partial charge in [-0.05, 0) is 29.8 Å². The molecule has 1 N–H and O–H groups in total. The molecule has 2 amide bonds. The van der Waals surface area contributed by atoms with Gasteiger partial charge in [0.25, 0.3) is 0 Å². The van der Waals surface area contributed by atoms with Crippen molar-refractivity contribution in [2.45, 2.75) is 17.5 Å². The Kier molecular flexibility index (Phi) is 7.69. The molecule has 29 heavy (non-hydrogen) atoms. The number of carbonyl (C=O) groups is 1. The van der Waals surface area contributed by atoms with E-state index in [0.717, 1.165) is 25.3 Å². The Balaban J connectivity index is 2.02. The quantitative estimate of drug-likeness (QED) is 0.289. The summed E-state index contributed by atoms with van der Waals surface area (Å²) in [5.74, 6) is -2.62. The summed E-state index contributed by atoms with van der Waals surface area (Å²) in [6, 6.07) is 7.48. The highest BCUT2D eigenvalue weighted by Crippen LogP contribution is 2.30. The Bertz CT molecular complexity index is 873. The molecule has 0 atom stereocenters. The summed E-state index contributed by atoms with van der Waals surface area (Å²) in [5.41, 5.74) is -0.0713. The maximum absolute atomic E-state index is 13.8. The maximum Gasteiger partial charge on any atom is 0.428 e. The predicted octanol–water partition coefficient (Wildman–Crippen LogP) is 5.04. The van der Waals surface area contributed by atoms with E-state index in [4.69, 9.17) is 27.9 Å². The zero-order valence-electron chi connectivity index (χ0n) is 14.8. The van der Waals surface area contributed by atoms with Crippen molar-refractivity contribution < 1.29 is 31.8 Å². The highest BCUT2D eigenvalue weighted by molar-refractivity contribution is 6.44. The van der Waals surface area contributed by atoms with Gasteiger partial charge in [0.2, 0.25) is 10.7 Å². The lowest BCUT2D eigenvalue weighted by Gasteiger charge is -2.18. The first-order chi connectivity index (χ1) is 13.6. The number of alkyl halides is 4. The molecule has 0 bridgehead atoms. The number of amides is 2. The third-order valence-corrected chi connectivity index (χ3v) is 3.96. The fourth-order valence-electron chi connectivity index (χ4n) is 2.09. The number of benzene rings is 2. The zero-order chi connectivity index (χ0) is 21.6. The lowest BCUT2D eigenvalue weighted by molar-refractivity contribution is -0.163. The molecule has 0 saturated carbocycles. The Labute approximate surface area is 173 Å². The molecule has 2 aromatic rings. The molecule has 156 valence electrons. The van der Waals surface area contributed by atoms with E-state index >= 15 is 0 Å². The normalized spacial score (nSPS) is 12.1. The number of methoxy groups -OCH3 is 1. The highest BCUT2D eigenvalue weighted by Gasteiger charge is 2.40. The van der Waals surface area contributed by atoms with Crippen molar-refractivity contribution in [1.29, 1.82) is 0 Å². The van der Waals surface area contributed by atoms with Crippen LogP contribution in [-0.2, 0) is 11.3 Å². The van der Waals surface area contributed by atoms with Crippen LogP contribution >= 0.6 is 23.2 Å². The SMILES string of the molecule is COC(=NC(=O)NCc1ccc(OC(F)(F)C(Cl)Cl)cc1)c1c(F)cccc1F. The van der Waals surface area contributed by atoms with Gasteiger partial charge in [-0.3, -0.25) is 0 Å². The Morgan fingerprint density at radius 3 is 2.24 bits per heavy atom. The number of rotatable bonds is 6. The zero-order valence-corrected chi connectivity index (χ0v) is 16.3. The molecule has 0 aliphatic rings. The number of halogens is 6. The van der Waals surface area contributed by atoms with E-state index in [1.807, 2.05) is 0 Å². The summed E-state index contributed by atoms with van der Waals surface area (Å²) < 4.78 is 63.4. The Morgan fingerprint density at radius 1 is 1.14 bits per heavy atom. The molecule has 0 fully saturated rings. The molecular formula is C18H14Cl2F4N2O3. The molecule has 0 aliphatic heterocycles. The standard InChI is InChI=1S/C18H14Cl2F4N2O3/c1-28-15(14-12(21)3-2-4-13(14)22)26-17(27)25-9-10-5-7-11(8-6-10)29-18(23,24)16(19)20/h2-8,16H,9H2,1H3,(H,25,27). The van der Waals surface area contributed by atoms with Crippen LogP contribution in [0.3, 0.4) is 0 Å². The number of nitrogens with one attached hydrogen (secondary N) is 1. The van der Waals surface area contributed by atoms with E-state index in [2.05, 4.69) is 15.0 Å². The number of hydrogen-bond acceptors (Lipinski definition) is 3. The van der Waals surface area contributed by atoms with Crippen LogP contribution in [0.4, 0.5) is 22.4 Å². The van der Waals surface area contributed by atoms with Gasteiger partial charge in [0.15, 0.2) is 0 Å². The first kappa shape index (κ1) is 22.8. The average Bonchev–Trinajstić information content (AvgIpc) is 2.66. The van der Waals surface area contributed by atoms with Crippen molar-refractivity contribution >= 4 is 35.1 Å². The van der Waals surface area contributed by atoms with Crippen molar-refractivity contribution in [1.82, 2.24) is 5.32 Å². The summed E-state index contributed by atoms with van der Waals surface area (Å²) in [6.07, 6.45) is -3.77. The molecule has 2 aromatic carbocycles. The van der Waals surface area contributed by atoms with Gasteiger partial charge in [-0.25, -0.2) is 13.6 Å². The monoisotopic (exact) mass is 452 g/mol. The average molecular weight is 453 g/mol. The molecule has 0 spiro atoms. The maximum atomic E-state index is 13.8.